The molecule has 5 rings (SSSR count). The van der Waals surface area contributed by atoms with Gasteiger partial charge >= 0.3 is 5.97 Å². The number of methoxy groups -OCH3 is 1. The molecule has 1 saturated heterocycles. The molecule has 1 N–H and O–H groups in total. The molecule has 24 heavy (non-hydrogen) atoms. The normalized spacial score (nSPS) is 37.7. The lowest BCUT2D eigenvalue weighted by atomic mass is 9.31. The molecule has 2 saturated carbocycles. The van der Waals surface area contributed by atoms with Gasteiger partial charge in [0.2, 0.25) is 12.7 Å². The first-order valence-electron chi connectivity index (χ1n) is 7.84. The molecule has 1 amide bonds. The van der Waals surface area contributed by atoms with Gasteiger partial charge in [0.15, 0.2) is 11.5 Å². The Morgan fingerprint density at radius 2 is 1.96 bits per heavy atom. The summed E-state index contributed by atoms with van der Waals surface area (Å²) in [4.78, 5) is 37.0. The minimum Gasteiger partial charge on any atom is -0.469 e. The standard InChI is InChI=1S/C17H15NO6/c1-22-13(20)12-16(8-2-3-10-11(4-8)24-7-23-10)5-9(19)6-17(12)14(16)18-15(17)21/h2-4,12,14H,5-7H2,1H3,(H,18,21)/t12-,14+,16-,17-/m0/s1. The molecule has 2 heterocycles. The molecule has 4 aliphatic rings. The van der Waals surface area contributed by atoms with Crippen LogP contribution in [0.25, 0.3) is 0 Å². The van der Waals surface area contributed by atoms with Crippen molar-refractivity contribution in [2.75, 3.05) is 13.9 Å². The third-order valence-corrected chi connectivity index (χ3v) is 6.08. The van der Waals surface area contributed by atoms with Crippen LogP contribution in [0.3, 0.4) is 0 Å². The lowest BCUT2D eigenvalue weighted by Gasteiger charge is -2.74. The monoisotopic (exact) mass is 329 g/mol. The van der Waals surface area contributed by atoms with E-state index in [4.69, 9.17) is 14.2 Å². The molecule has 2 aliphatic carbocycles. The molecule has 3 fully saturated rings. The van der Waals surface area contributed by atoms with Crippen molar-refractivity contribution in [1.82, 2.24) is 5.32 Å². The van der Waals surface area contributed by atoms with Crippen LogP contribution in [0, 0.1) is 11.3 Å². The maximum Gasteiger partial charge on any atom is 0.310 e. The number of nitrogens with one attached hydrogen (secondary N) is 1. The summed E-state index contributed by atoms with van der Waals surface area (Å²) in [6.07, 6.45) is 0.314. The summed E-state index contributed by atoms with van der Waals surface area (Å²) in [6, 6.07) is 5.21. The molecule has 7 heteroatoms. The predicted molar refractivity (Wildman–Crippen MR) is 78.4 cm³/mol. The van der Waals surface area contributed by atoms with Crippen LogP contribution in [0.1, 0.15) is 18.4 Å². The van der Waals surface area contributed by atoms with Crippen molar-refractivity contribution in [3.63, 3.8) is 0 Å². The number of hydrogen-bond donors (Lipinski definition) is 1. The summed E-state index contributed by atoms with van der Waals surface area (Å²) in [5.74, 6) is -0.0916. The Bertz CT molecular complexity index is 819. The van der Waals surface area contributed by atoms with Crippen molar-refractivity contribution < 1.29 is 28.6 Å². The van der Waals surface area contributed by atoms with Gasteiger partial charge in [0.05, 0.1) is 24.5 Å². The molecule has 1 spiro atoms. The van der Waals surface area contributed by atoms with Crippen molar-refractivity contribution in [3.05, 3.63) is 23.8 Å². The van der Waals surface area contributed by atoms with Gasteiger partial charge in [-0.2, -0.15) is 0 Å². The van der Waals surface area contributed by atoms with E-state index in [9.17, 15) is 14.4 Å². The van der Waals surface area contributed by atoms with E-state index in [2.05, 4.69) is 5.32 Å². The van der Waals surface area contributed by atoms with Gasteiger partial charge in [-0.25, -0.2) is 0 Å². The number of ether oxygens (including phenoxy) is 3. The van der Waals surface area contributed by atoms with Gasteiger partial charge in [0, 0.05) is 18.3 Å². The maximum absolute atomic E-state index is 12.5. The summed E-state index contributed by atoms with van der Waals surface area (Å²) < 4.78 is 15.7. The average Bonchev–Trinajstić information content (AvgIpc) is 3.05. The molecule has 1 aromatic rings. The van der Waals surface area contributed by atoms with E-state index in [1.54, 1.807) is 6.07 Å². The van der Waals surface area contributed by atoms with Crippen molar-refractivity contribution in [2.45, 2.75) is 24.3 Å². The first kappa shape index (κ1) is 13.8. The van der Waals surface area contributed by atoms with Crippen LogP contribution in [0.15, 0.2) is 18.2 Å². The highest BCUT2D eigenvalue weighted by atomic mass is 16.7. The number of carbonyl (C=O) groups is 3. The quantitative estimate of drug-likeness (QED) is 0.620. The number of piperidine rings is 1. The molecular formula is C17H15NO6. The van der Waals surface area contributed by atoms with Gasteiger partial charge in [-0.3, -0.25) is 14.4 Å². The molecule has 4 atom stereocenters. The van der Waals surface area contributed by atoms with Crippen molar-refractivity contribution in [3.8, 4) is 11.5 Å². The van der Waals surface area contributed by atoms with Gasteiger partial charge in [0.25, 0.3) is 0 Å². The number of hydrogen-bond acceptors (Lipinski definition) is 6. The van der Waals surface area contributed by atoms with Crippen LogP contribution in [-0.2, 0) is 24.5 Å². The molecular weight excluding hydrogens is 314 g/mol. The number of carbonyl (C=O) groups excluding carboxylic acids is 3. The van der Waals surface area contributed by atoms with Crippen molar-refractivity contribution in [1.29, 1.82) is 0 Å². The Balaban J connectivity index is 1.68. The lowest BCUT2D eigenvalue weighted by Crippen LogP contribution is -2.91. The molecule has 7 nitrogen and oxygen atoms in total. The van der Waals surface area contributed by atoms with E-state index in [-0.39, 0.29) is 37.4 Å². The van der Waals surface area contributed by atoms with E-state index < -0.39 is 22.7 Å². The summed E-state index contributed by atoms with van der Waals surface area (Å²) in [6.45, 7) is 0.148. The molecule has 124 valence electrons. The summed E-state index contributed by atoms with van der Waals surface area (Å²) in [7, 11) is 1.31. The number of esters is 1. The van der Waals surface area contributed by atoms with E-state index in [0.717, 1.165) is 5.56 Å². The Labute approximate surface area is 137 Å². The number of fused-ring (bicyclic) bond motifs is 3. The fourth-order valence-electron chi connectivity index (χ4n) is 5.23. The Morgan fingerprint density at radius 1 is 1.21 bits per heavy atom. The number of ketones is 1. The zero-order chi connectivity index (χ0) is 16.7. The Hall–Kier alpha value is -2.57. The van der Waals surface area contributed by atoms with Gasteiger partial charge in [-0.15, -0.1) is 0 Å². The fraction of sp³-hybridized carbons (Fsp3) is 0.471. The van der Waals surface area contributed by atoms with Crippen LogP contribution >= 0.6 is 0 Å². The third kappa shape index (κ3) is 1.26. The van der Waals surface area contributed by atoms with Crippen LogP contribution in [0.5, 0.6) is 11.5 Å². The van der Waals surface area contributed by atoms with Gasteiger partial charge in [0.1, 0.15) is 5.78 Å². The SMILES string of the molecule is COC(=O)[C@@H]1[C@@]23CC(=O)C[C@@]1(c1ccc4c(c1)OCO4)[C@H]2NC3=O. The van der Waals surface area contributed by atoms with Crippen molar-refractivity contribution in [2.24, 2.45) is 11.3 Å². The summed E-state index contributed by atoms with van der Waals surface area (Å²) in [5, 5.41) is 2.90. The molecule has 0 aromatic heterocycles. The van der Waals surface area contributed by atoms with E-state index >= 15 is 0 Å². The number of benzene rings is 1. The number of Topliss-reactive ketones (excluding diaryl/α,β-unsaturated/α-hetero) is 1. The molecule has 0 unspecified atom stereocenters. The number of amides is 1. The van der Waals surface area contributed by atoms with Gasteiger partial charge in [-0.1, -0.05) is 6.07 Å². The van der Waals surface area contributed by atoms with E-state index in [0.29, 0.717) is 11.5 Å². The zero-order valence-corrected chi connectivity index (χ0v) is 13.0. The Morgan fingerprint density at radius 3 is 2.71 bits per heavy atom. The fourth-order valence-corrected chi connectivity index (χ4v) is 5.23. The second-order valence-electron chi connectivity index (χ2n) is 6.90. The molecule has 1 aromatic carbocycles. The molecule has 2 aliphatic heterocycles. The van der Waals surface area contributed by atoms with Crippen molar-refractivity contribution >= 4 is 17.7 Å². The largest absolute Gasteiger partial charge is 0.469 e. The smallest absolute Gasteiger partial charge is 0.310 e. The summed E-state index contributed by atoms with van der Waals surface area (Å²) >= 11 is 0. The molecule has 0 radical (unpaired) electrons. The van der Waals surface area contributed by atoms with Crippen LogP contribution in [-0.4, -0.2) is 37.6 Å². The number of β-lactam (4-membered cyclic amide) rings is 1. The highest BCUT2D eigenvalue weighted by molar-refractivity contribution is 6.07. The second-order valence-corrected chi connectivity index (χ2v) is 6.90. The zero-order valence-electron chi connectivity index (χ0n) is 13.0. The maximum atomic E-state index is 12.5. The topological polar surface area (TPSA) is 90.9 Å². The summed E-state index contributed by atoms with van der Waals surface area (Å²) in [5.41, 5.74) is -0.910. The Kier molecular flexibility index (Phi) is 2.36. The first-order valence-corrected chi connectivity index (χ1v) is 7.84. The van der Waals surface area contributed by atoms with Crippen LogP contribution < -0.4 is 14.8 Å². The van der Waals surface area contributed by atoms with Gasteiger partial charge < -0.3 is 19.5 Å². The second kappa shape index (κ2) is 4.09. The first-order chi connectivity index (χ1) is 11.5. The van der Waals surface area contributed by atoms with Crippen LogP contribution in [0.4, 0.5) is 0 Å². The lowest BCUT2D eigenvalue weighted by molar-refractivity contribution is -0.222. The minimum atomic E-state index is -0.946. The third-order valence-electron chi connectivity index (χ3n) is 6.08. The van der Waals surface area contributed by atoms with E-state index in [1.165, 1.54) is 7.11 Å². The van der Waals surface area contributed by atoms with E-state index in [1.807, 2.05) is 12.1 Å². The average molecular weight is 329 g/mol. The van der Waals surface area contributed by atoms with Gasteiger partial charge in [-0.05, 0) is 17.7 Å². The highest BCUT2D eigenvalue weighted by Crippen LogP contribution is 2.71. The number of rotatable bonds is 2. The minimum absolute atomic E-state index is 0.00100. The highest BCUT2D eigenvalue weighted by Gasteiger charge is 2.85. The molecule has 2 bridgehead atoms. The van der Waals surface area contributed by atoms with Crippen LogP contribution in [0.2, 0.25) is 0 Å². The predicted octanol–water partition coefficient (Wildman–Crippen LogP) is 0.304.